The average Bonchev–Trinajstić information content (AvgIpc) is 2.83. The van der Waals surface area contributed by atoms with Crippen molar-refractivity contribution in [3.05, 3.63) is 34.7 Å². The quantitative estimate of drug-likeness (QED) is 0.221. The van der Waals surface area contributed by atoms with Crippen molar-refractivity contribution in [1.82, 2.24) is 14.9 Å². The Hall–Kier alpha value is -1.49. The van der Waals surface area contributed by atoms with Gasteiger partial charge < -0.3 is 28.6 Å². The third-order valence-corrected chi connectivity index (χ3v) is 8.10. The highest BCUT2D eigenvalue weighted by atomic mass is 127. The molecule has 0 radical (unpaired) electrons. The molecule has 2 aromatic rings. The van der Waals surface area contributed by atoms with Gasteiger partial charge in [0.25, 0.3) is 5.56 Å². The van der Waals surface area contributed by atoms with E-state index in [0.29, 0.717) is 45.0 Å². The number of ether oxygens (including phenoxy) is 3. The molecule has 2 aromatic heterocycles. The minimum atomic E-state index is -0.538. The van der Waals surface area contributed by atoms with E-state index in [4.69, 9.17) is 18.7 Å². The number of alkyl carbamates (subject to hydrolysis) is 1. The van der Waals surface area contributed by atoms with Crippen LogP contribution in [-0.2, 0) is 20.5 Å². The van der Waals surface area contributed by atoms with Crippen LogP contribution >= 0.6 is 28.5 Å². The van der Waals surface area contributed by atoms with E-state index in [1.54, 1.807) is 22.9 Å². The van der Waals surface area contributed by atoms with Gasteiger partial charge in [-0.3, -0.25) is 9.78 Å². The number of pyridine rings is 2. The van der Waals surface area contributed by atoms with Crippen molar-refractivity contribution in [2.24, 2.45) is 0 Å². The Morgan fingerprint density at radius 1 is 1.25 bits per heavy atom. The third-order valence-electron chi connectivity index (χ3n) is 6.86. The van der Waals surface area contributed by atoms with Gasteiger partial charge in [-0.25, -0.2) is 4.79 Å². The monoisotopic (exact) mass is 631 g/mol. The standard InChI is InChI=1S/C25H35IN3O6P/c1-23(2,3)35-22(31)28-24-7-9-25(10-8-24,33-17-24)11-12-29-20-15-18(32-13-4-14-34-36-26)16-27-19(20)5-6-21(29)30/h5-6,15-16,36H,4,7-14,17H2,1-3H3,(H,28,31). The summed E-state index contributed by atoms with van der Waals surface area (Å²) in [6.07, 6.45) is 6.12. The molecular formula is C25H35IN3O6P. The van der Waals surface area contributed by atoms with Gasteiger partial charge in [-0.1, -0.05) is 0 Å². The molecule has 11 heteroatoms. The Balaban J connectivity index is 1.39. The molecule has 1 saturated carbocycles. The topological polar surface area (TPSA) is 101 Å². The summed E-state index contributed by atoms with van der Waals surface area (Å²) in [6, 6.07) is 5.20. The number of hydrogen-bond acceptors (Lipinski definition) is 7. The average molecular weight is 631 g/mol. The molecule has 5 rings (SSSR count). The molecule has 4 heterocycles. The van der Waals surface area contributed by atoms with Crippen LogP contribution < -0.4 is 15.6 Å². The molecule has 0 spiro atoms. The number of aryl methyl sites for hydroxylation is 1. The Morgan fingerprint density at radius 2 is 2.03 bits per heavy atom. The molecule has 2 saturated heterocycles. The predicted molar refractivity (Wildman–Crippen MR) is 148 cm³/mol. The third kappa shape index (κ3) is 6.88. The number of aromatic nitrogens is 2. The summed E-state index contributed by atoms with van der Waals surface area (Å²) in [7, 11) is 0. The molecule has 1 amide bonds. The highest BCUT2D eigenvalue weighted by Gasteiger charge is 2.50. The highest BCUT2D eigenvalue weighted by molar-refractivity contribution is 14.2. The largest absolute Gasteiger partial charge is 0.492 e. The highest BCUT2D eigenvalue weighted by Crippen LogP contribution is 2.45. The lowest BCUT2D eigenvalue weighted by Gasteiger charge is -2.53. The molecule has 1 atom stereocenters. The van der Waals surface area contributed by atoms with Crippen molar-refractivity contribution in [3.63, 3.8) is 0 Å². The molecule has 3 fully saturated rings. The van der Waals surface area contributed by atoms with Crippen molar-refractivity contribution in [3.8, 4) is 5.75 Å². The van der Waals surface area contributed by atoms with Gasteiger partial charge in [0.15, 0.2) is 0 Å². The van der Waals surface area contributed by atoms with E-state index < -0.39 is 11.7 Å². The van der Waals surface area contributed by atoms with Crippen LogP contribution in [0.1, 0.15) is 59.3 Å². The number of carbonyl (C=O) groups is 1. The molecule has 2 aliphatic heterocycles. The van der Waals surface area contributed by atoms with Crippen LogP contribution in [0.2, 0.25) is 0 Å². The number of hydrogen-bond donors (Lipinski definition) is 1. The first-order valence-electron chi connectivity index (χ1n) is 12.4. The second kappa shape index (κ2) is 11.5. The number of halogens is 1. The van der Waals surface area contributed by atoms with E-state index in [1.807, 2.05) is 26.8 Å². The van der Waals surface area contributed by atoms with Gasteiger partial charge in [0.2, 0.25) is 0 Å². The SMILES string of the molecule is CC(C)(C)OC(=O)NC12CCC(CCn3c(=O)ccc4ncc(OCCCOPI)cc43)(CC1)OC2. The first-order valence-corrected chi connectivity index (χ1v) is 16.4. The zero-order valence-corrected chi connectivity index (χ0v) is 24.3. The van der Waals surface area contributed by atoms with Crippen LogP contribution in [0.25, 0.3) is 11.0 Å². The fraction of sp³-hybridized carbons (Fsp3) is 0.640. The molecule has 198 valence electrons. The summed E-state index contributed by atoms with van der Waals surface area (Å²) in [5.41, 5.74) is 0.237. The Bertz CT molecular complexity index is 1110. The fourth-order valence-corrected chi connectivity index (χ4v) is 5.78. The zero-order chi connectivity index (χ0) is 25.8. The lowest BCUT2D eigenvalue weighted by molar-refractivity contribution is -0.165. The van der Waals surface area contributed by atoms with Crippen LogP contribution in [-0.4, -0.2) is 52.2 Å². The second-order valence-electron chi connectivity index (χ2n) is 10.7. The van der Waals surface area contributed by atoms with Crippen molar-refractivity contribution in [2.75, 3.05) is 19.8 Å². The summed E-state index contributed by atoms with van der Waals surface area (Å²) >= 11 is 2.20. The van der Waals surface area contributed by atoms with Gasteiger partial charge >= 0.3 is 6.09 Å². The van der Waals surface area contributed by atoms with E-state index in [-0.39, 0.29) is 16.7 Å². The summed E-state index contributed by atoms with van der Waals surface area (Å²) < 4.78 is 24.8. The van der Waals surface area contributed by atoms with Crippen molar-refractivity contribution < 1.29 is 23.5 Å². The van der Waals surface area contributed by atoms with Gasteiger partial charge in [0.05, 0.1) is 54.6 Å². The van der Waals surface area contributed by atoms with Gasteiger partial charge in [-0.15, -0.1) is 0 Å². The van der Waals surface area contributed by atoms with Crippen molar-refractivity contribution in [2.45, 2.75) is 82.6 Å². The lowest BCUT2D eigenvalue weighted by atomic mass is 9.70. The minimum absolute atomic E-state index is 0.0677. The molecule has 3 aliphatic rings. The molecule has 36 heavy (non-hydrogen) atoms. The number of amides is 1. The molecule has 2 bridgehead atoms. The summed E-state index contributed by atoms with van der Waals surface area (Å²) in [4.78, 5) is 29.7. The molecule has 9 nitrogen and oxygen atoms in total. The second-order valence-corrected chi connectivity index (χ2v) is 12.4. The van der Waals surface area contributed by atoms with Crippen LogP contribution in [0.4, 0.5) is 4.79 Å². The van der Waals surface area contributed by atoms with E-state index in [9.17, 15) is 9.59 Å². The number of nitrogens with one attached hydrogen (secondary N) is 1. The van der Waals surface area contributed by atoms with E-state index >= 15 is 0 Å². The summed E-state index contributed by atoms with van der Waals surface area (Å²) in [6.45, 7) is 8.18. The summed E-state index contributed by atoms with van der Waals surface area (Å²) in [5.74, 6) is 0.640. The first kappa shape index (κ1) is 27.5. The van der Waals surface area contributed by atoms with E-state index in [1.165, 1.54) is 0 Å². The van der Waals surface area contributed by atoms with Crippen molar-refractivity contribution in [1.29, 1.82) is 0 Å². The van der Waals surface area contributed by atoms with Gasteiger partial charge in [0.1, 0.15) is 11.4 Å². The Kier molecular flexibility index (Phi) is 8.79. The van der Waals surface area contributed by atoms with Crippen molar-refractivity contribution >= 4 is 45.6 Å². The fourth-order valence-electron chi connectivity index (χ4n) is 4.90. The molecule has 1 unspecified atom stereocenters. The Labute approximate surface area is 226 Å². The van der Waals surface area contributed by atoms with E-state index in [2.05, 4.69) is 32.3 Å². The number of rotatable bonds is 10. The van der Waals surface area contributed by atoms with Crippen LogP contribution in [0, 0.1) is 0 Å². The molecule has 1 aliphatic carbocycles. The smallest absolute Gasteiger partial charge is 0.408 e. The minimum Gasteiger partial charge on any atom is -0.492 e. The lowest BCUT2D eigenvalue weighted by Crippen LogP contribution is -2.63. The first-order chi connectivity index (χ1) is 17.1. The van der Waals surface area contributed by atoms with Crippen LogP contribution in [0.15, 0.2) is 29.2 Å². The van der Waals surface area contributed by atoms with Gasteiger partial charge in [0, 0.05) is 25.1 Å². The maximum absolute atomic E-state index is 12.8. The normalized spacial score (nSPS) is 23.9. The van der Waals surface area contributed by atoms with Gasteiger partial charge in [-0.05, 0) is 81.0 Å². The zero-order valence-electron chi connectivity index (χ0n) is 21.1. The van der Waals surface area contributed by atoms with Gasteiger partial charge in [-0.2, -0.15) is 0 Å². The number of nitrogens with zero attached hydrogens (tertiary/aromatic N) is 2. The maximum atomic E-state index is 12.8. The Morgan fingerprint density at radius 3 is 2.69 bits per heavy atom. The maximum Gasteiger partial charge on any atom is 0.408 e. The predicted octanol–water partition coefficient (Wildman–Crippen LogP) is 5.12. The van der Waals surface area contributed by atoms with E-state index in [0.717, 1.165) is 43.1 Å². The molecule has 0 aromatic carbocycles. The van der Waals surface area contributed by atoms with Crippen LogP contribution in [0.5, 0.6) is 5.75 Å². The van der Waals surface area contributed by atoms with Crippen LogP contribution in [0.3, 0.4) is 0 Å². The number of fused-ring (bicyclic) bond motifs is 4. The number of carbonyl (C=O) groups excluding carboxylic acids is 1. The molecular weight excluding hydrogens is 596 g/mol. The summed E-state index contributed by atoms with van der Waals surface area (Å²) in [5, 5.41) is 3.06. The molecule has 1 N–H and O–H groups in total.